The number of carbonyl (C=O) groups excluding carboxylic acids is 2. The molecule has 0 bridgehead atoms. The van der Waals surface area contributed by atoms with Crippen molar-refractivity contribution in [3.8, 4) is 23.0 Å². The number of aromatic nitrogens is 2. The molecule has 0 fully saturated rings. The van der Waals surface area contributed by atoms with Crippen molar-refractivity contribution in [1.82, 2.24) is 10.2 Å². The maximum absolute atomic E-state index is 12.5. The Labute approximate surface area is 191 Å². The SMILES string of the molecule is C[C@H]1CCc2c(sc(NC(=O)CSc3nnc(-c4ccc5c(c4)OCO5)o3)c2C(N)=O)C1. The van der Waals surface area contributed by atoms with E-state index >= 15 is 0 Å². The molecule has 0 radical (unpaired) electrons. The topological polar surface area (TPSA) is 130 Å². The number of fused-ring (bicyclic) bond motifs is 2. The Hall–Kier alpha value is -3.05. The smallest absolute Gasteiger partial charge is 0.277 e. The summed E-state index contributed by atoms with van der Waals surface area (Å²) in [5.74, 6) is 1.43. The van der Waals surface area contributed by atoms with E-state index in [0.717, 1.165) is 41.5 Å². The van der Waals surface area contributed by atoms with Crippen molar-refractivity contribution in [1.29, 1.82) is 0 Å². The molecule has 0 spiro atoms. The maximum atomic E-state index is 12.5. The molecule has 1 atom stereocenters. The first-order valence-electron chi connectivity index (χ1n) is 10.1. The van der Waals surface area contributed by atoms with Crippen LogP contribution in [0.5, 0.6) is 11.5 Å². The van der Waals surface area contributed by atoms with Gasteiger partial charge in [-0.25, -0.2) is 0 Å². The lowest BCUT2D eigenvalue weighted by atomic mass is 9.88. The van der Waals surface area contributed by atoms with E-state index < -0.39 is 5.91 Å². The van der Waals surface area contributed by atoms with Gasteiger partial charge in [-0.1, -0.05) is 18.7 Å². The van der Waals surface area contributed by atoms with Crippen LogP contribution in [0.3, 0.4) is 0 Å². The van der Waals surface area contributed by atoms with E-state index in [2.05, 4.69) is 22.4 Å². The average Bonchev–Trinajstić information content (AvgIpc) is 3.49. The number of anilines is 1. The van der Waals surface area contributed by atoms with Crippen molar-refractivity contribution in [3.05, 3.63) is 34.2 Å². The van der Waals surface area contributed by atoms with Crippen LogP contribution in [0.2, 0.25) is 0 Å². The molecule has 3 heterocycles. The first-order chi connectivity index (χ1) is 15.5. The predicted octanol–water partition coefficient (Wildman–Crippen LogP) is 3.48. The number of amides is 2. The first kappa shape index (κ1) is 20.8. The van der Waals surface area contributed by atoms with Crippen molar-refractivity contribution in [2.75, 3.05) is 17.9 Å². The molecule has 0 saturated heterocycles. The third-order valence-electron chi connectivity index (χ3n) is 5.36. The summed E-state index contributed by atoms with van der Waals surface area (Å²) >= 11 is 2.56. The van der Waals surface area contributed by atoms with Crippen LogP contribution in [0, 0.1) is 5.92 Å². The van der Waals surface area contributed by atoms with Crippen molar-refractivity contribution < 1.29 is 23.5 Å². The molecule has 3 N–H and O–H groups in total. The van der Waals surface area contributed by atoms with Gasteiger partial charge in [-0.2, -0.15) is 0 Å². The zero-order chi connectivity index (χ0) is 22.2. The normalized spacial score (nSPS) is 16.6. The molecule has 5 rings (SSSR count). The van der Waals surface area contributed by atoms with Crippen LogP contribution in [0.1, 0.15) is 34.1 Å². The Morgan fingerprint density at radius 3 is 2.97 bits per heavy atom. The summed E-state index contributed by atoms with van der Waals surface area (Å²) in [6.45, 7) is 2.37. The highest BCUT2D eigenvalue weighted by atomic mass is 32.2. The summed E-state index contributed by atoms with van der Waals surface area (Å²) in [5, 5.41) is 11.7. The lowest BCUT2D eigenvalue weighted by Gasteiger charge is -2.18. The van der Waals surface area contributed by atoms with E-state index in [1.807, 2.05) is 0 Å². The molecule has 1 aromatic carbocycles. The number of nitrogens with one attached hydrogen (secondary N) is 1. The molecule has 2 amide bonds. The predicted molar refractivity (Wildman–Crippen MR) is 119 cm³/mol. The minimum Gasteiger partial charge on any atom is -0.454 e. The number of primary amides is 1. The van der Waals surface area contributed by atoms with Crippen molar-refractivity contribution in [3.63, 3.8) is 0 Å². The fourth-order valence-electron chi connectivity index (χ4n) is 3.80. The quantitative estimate of drug-likeness (QED) is 0.522. The summed E-state index contributed by atoms with van der Waals surface area (Å²) in [5.41, 5.74) is 7.73. The van der Waals surface area contributed by atoms with Crippen LogP contribution < -0.4 is 20.5 Å². The molecular weight excluding hydrogens is 452 g/mol. The van der Waals surface area contributed by atoms with Gasteiger partial charge in [0.15, 0.2) is 11.5 Å². The van der Waals surface area contributed by atoms with Gasteiger partial charge in [0.2, 0.25) is 18.6 Å². The number of rotatable bonds is 6. The number of hydrogen-bond acceptors (Lipinski definition) is 9. The summed E-state index contributed by atoms with van der Waals surface area (Å²) in [4.78, 5) is 25.7. The van der Waals surface area contributed by atoms with Gasteiger partial charge in [0, 0.05) is 10.4 Å². The fraction of sp³-hybridized carbons (Fsp3) is 0.333. The van der Waals surface area contributed by atoms with Gasteiger partial charge in [-0.3, -0.25) is 9.59 Å². The number of hydrogen-bond donors (Lipinski definition) is 2. The molecule has 1 aliphatic carbocycles. The monoisotopic (exact) mass is 472 g/mol. The minimum atomic E-state index is -0.509. The second-order valence-corrected chi connectivity index (χ2v) is 9.73. The Balaban J connectivity index is 1.24. The van der Waals surface area contributed by atoms with E-state index in [-0.39, 0.29) is 23.7 Å². The van der Waals surface area contributed by atoms with Crippen LogP contribution in [0.15, 0.2) is 27.8 Å². The second kappa shape index (κ2) is 8.47. The van der Waals surface area contributed by atoms with E-state index in [1.165, 1.54) is 11.3 Å². The molecule has 1 aliphatic heterocycles. The molecule has 2 aliphatic rings. The third-order valence-corrected chi connectivity index (χ3v) is 7.35. The van der Waals surface area contributed by atoms with Crippen LogP contribution in [0.25, 0.3) is 11.5 Å². The zero-order valence-electron chi connectivity index (χ0n) is 17.2. The minimum absolute atomic E-state index is 0.0555. The number of carbonyl (C=O) groups is 2. The molecule has 3 aromatic rings. The van der Waals surface area contributed by atoms with Gasteiger partial charge in [-0.05, 0) is 48.9 Å². The zero-order valence-corrected chi connectivity index (χ0v) is 18.8. The summed E-state index contributed by atoms with van der Waals surface area (Å²) in [7, 11) is 0. The number of benzene rings is 1. The van der Waals surface area contributed by atoms with Gasteiger partial charge in [-0.15, -0.1) is 21.5 Å². The average molecular weight is 473 g/mol. The number of thiophene rings is 1. The summed E-state index contributed by atoms with van der Waals surface area (Å²) < 4.78 is 16.3. The largest absolute Gasteiger partial charge is 0.454 e. The molecule has 9 nitrogen and oxygen atoms in total. The van der Waals surface area contributed by atoms with Crippen LogP contribution in [0.4, 0.5) is 5.00 Å². The van der Waals surface area contributed by atoms with Crippen LogP contribution in [-0.4, -0.2) is 34.6 Å². The Morgan fingerprint density at radius 1 is 1.28 bits per heavy atom. The standard InChI is InChI=1S/C21H20N4O5S2/c1-10-2-4-12-15(6-10)32-20(17(12)18(22)27)23-16(26)8-31-21-25-24-19(30-21)11-3-5-13-14(7-11)29-9-28-13/h3,5,7,10H,2,4,6,8-9H2,1H3,(H2,22,27)(H,23,26)/t10-/m0/s1. The lowest BCUT2D eigenvalue weighted by molar-refractivity contribution is -0.113. The molecule has 166 valence electrons. The van der Waals surface area contributed by atoms with E-state index in [1.54, 1.807) is 18.2 Å². The van der Waals surface area contributed by atoms with Crippen molar-refractivity contribution >= 4 is 39.9 Å². The van der Waals surface area contributed by atoms with Gasteiger partial charge >= 0.3 is 0 Å². The molecule has 32 heavy (non-hydrogen) atoms. The molecule has 0 unspecified atom stereocenters. The summed E-state index contributed by atoms with van der Waals surface area (Å²) in [6.07, 6.45) is 2.71. The van der Waals surface area contributed by atoms with E-state index in [4.69, 9.17) is 19.6 Å². The number of nitrogens with zero attached hydrogens (tertiary/aromatic N) is 2. The Kier molecular flexibility index (Phi) is 5.51. The van der Waals surface area contributed by atoms with Gasteiger partial charge in [0.1, 0.15) is 5.00 Å². The fourth-order valence-corrected chi connectivity index (χ4v) is 5.80. The van der Waals surface area contributed by atoms with Gasteiger partial charge in [0.25, 0.3) is 11.1 Å². The molecule has 11 heteroatoms. The first-order valence-corrected chi connectivity index (χ1v) is 11.9. The van der Waals surface area contributed by atoms with Crippen molar-refractivity contribution in [2.24, 2.45) is 11.7 Å². The number of ether oxygens (including phenoxy) is 2. The number of thioether (sulfide) groups is 1. The van der Waals surface area contributed by atoms with Crippen LogP contribution in [-0.2, 0) is 17.6 Å². The highest BCUT2D eigenvalue weighted by Gasteiger charge is 2.27. The molecular formula is C21H20N4O5S2. The van der Waals surface area contributed by atoms with Crippen molar-refractivity contribution in [2.45, 2.75) is 31.4 Å². The Morgan fingerprint density at radius 2 is 2.12 bits per heavy atom. The maximum Gasteiger partial charge on any atom is 0.277 e. The second-order valence-electron chi connectivity index (χ2n) is 7.70. The lowest BCUT2D eigenvalue weighted by Crippen LogP contribution is -2.20. The Bertz CT molecular complexity index is 1210. The van der Waals surface area contributed by atoms with Crippen LogP contribution >= 0.6 is 23.1 Å². The van der Waals surface area contributed by atoms with Gasteiger partial charge in [0.05, 0.1) is 11.3 Å². The highest BCUT2D eigenvalue weighted by Crippen LogP contribution is 2.40. The molecule has 0 saturated carbocycles. The third kappa shape index (κ3) is 4.05. The molecule has 2 aromatic heterocycles. The van der Waals surface area contributed by atoms with E-state index in [0.29, 0.717) is 39.4 Å². The number of nitrogens with two attached hydrogens (primary N) is 1. The summed E-state index contributed by atoms with van der Waals surface area (Å²) in [6, 6.07) is 5.34. The van der Waals surface area contributed by atoms with E-state index in [9.17, 15) is 9.59 Å². The highest BCUT2D eigenvalue weighted by molar-refractivity contribution is 7.99. The van der Waals surface area contributed by atoms with Gasteiger partial charge < -0.3 is 24.9 Å².